The fourth-order valence-electron chi connectivity index (χ4n) is 2.63. The van der Waals surface area contributed by atoms with Crippen molar-refractivity contribution in [1.82, 2.24) is 14.9 Å². The number of likely N-dealkylation sites (tertiary alicyclic amines) is 1. The summed E-state index contributed by atoms with van der Waals surface area (Å²) in [5, 5.41) is 8.75. The Bertz CT molecular complexity index is 510. The van der Waals surface area contributed by atoms with Crippen LogP contribution in [0.5, 0.6) is 0 Å². The van der Waals surface area contributed by atoms with Gasteiger partial charge in [-0.25, -0.2) is 14.8 Å². The molecule has 6 heteroatoms. The first kappa shape index (κ1) is 13.5. The van der Waals surface area contributed by atoms with Crippen LogP contribution in [0.15, 0.2) is 12.4 Å². The summed E-state index contributed by atoms with van der Waals surface area (Å²) in [5.74, 6) is -0.898. The monoisotopic (exact) mass is 263 g/mol. The van der Waals surface area contributed by atoms with Gasteiger partial charge in [0.05, 0.1) is 12.4 Å². The lowest BCUT2D eigenvalue weighted by molar-refractivity contribution is 0.0637. The molecule has 1 saturated heterocycles. The van der Waals surface area contributed by atoms with Crippen molar-refractivity contribution in [2.45, 2.75) is 32.7 Å². The highest BCUT2D eigenvalue weighted by Crippen LogP contribution is 2.33. The van der Waals surface area contributed by atoms with Crippen LogP contribution in [-0.4, -0.2) is 43.9 Å². The number of amides is 1. The van der Waals surface area contributed by atoms with Crippen molar-refractivity contribution >= 4 is 11.9 Å². The Hall–Kier alpha value is -1.98. The van der Waals surface area contributed by atoms with E-state index < -0.39 is 5.97 Å². The number of carboxylic acid groups (broad SMARTS) is 1. The molecule has 2 rings (SSSR count). The van der Waals surface area contributed by atoms with Crippen molar-refractivity contribution in [3.63, 3.8) is 0 Å². The maximum Gasteiger partial charge on any atom is 0.356 e. The molecule has 0 aliphatic carbocycles. The lowest BCUT2D eigenvalue weighted by atomic mass is 9.97. The van der Waals surface area contributed by atoms with E-state index in [4.69, 9.17) is 5.11 Å². The molecular weight excluding hydrogens is 246 g/mol. The van der Waals surface area contributed by atoms with Crippen molar-refractivity contribution < 1.29 is 14.7 Å². The molecule has 1 atom stereocenters. The molecule has 0 radical (unpaired) electrons. The third-order valence-electron chi connectivity index (χ3n) is 3.41. The third kappa shape index (κ3) is 2.57. The zero-order chi connectivity index (χ0) is 14.2. The molecule has 1 fully saturated rings. The minimum atomic E-state index is -1.15. The number of aromatic nitrogens is 2. The van der Waals surface area contributed by atoms with Crippen LogP contribution in [0.2, 0.25) is 0 Å². The molecule has 1 aliphatic rings. The van der Waals surface area contributed by atoms with Gasteiger partial charge in [0.2, 0.25) is 0 Å². The molecule has 1 unspecified atom stereocenters. The maximum atomic E-state index is 12.4. The fourth-order valence-corrected chi connectivity index (χ4v) is 2.63. The fraction of sp³-hybridized carbons (Fsp3) is 0.538. The van der Waals surface area contributed by atoms with Gasteiger partial charge in [-0.1, -0.05) is 6.92 Å². The van der Waals surface area contributed by atoms with Crippen LogP contribution in [-0.2, 0) is 0 Å². The quantitative estimate of drug-likeness (QED) is 0.872. The van der Waals surface area contributed by atoms with Gasteiger partial charge in [0.1, 0.15) is 5.69 Å². The van der Waals surface area contributed by atoms with Crippen molar-refractivity contribution in [3.8, 4) is 0 Å². The van der Waals surface area contributed by atoms with Crippen LogP contribution in [0.4, 0.5) is 0 Å². The molecule has 19 heavy (non-hydrogen) atoms. The smallest absolute Gasteiger partial charge is 0.356 e. The lowest BCUT2D eigenvalue weighted by Crippen LogP contribution is -2.43. The molecule has 6 nitrogen and oxygen atoms in total. The Labute approximate surface area is 111 Å². The molecule has 0 saturated carbocycles. The molecule has 1 amide bonds. The summed E-state index contributed by atoms with van der Waals surface area (Å²) < 4.78 is 0. The van der Waals surface area contributed by atoms with E-state index in [9.17, 15) is 9.59 Å². The summed E-state index contributed by atoms with van der Waals surface area (Å²) in [6, 6.07) is 0. The van der Waals surface area contributed by atoms with Crippen molar-refractivity contribution in [2.24, 2.45) is 5.92 Å². The molecule has 1 aromatic heterocycles. The van der Waals surface area contributed by atoms with Crippen LogP contribution < -0.4 is 0 Å². The predicted molar refractivity (Wildman–Crippen MR) is 67.9 cm³/mol. The second kappa shape index (κ2) is 4.60. The number of nitrogens with zero attached hydrogens (tertiary/aromatic N) is 3. The highest BCUT2D eigenvalue weighted by Gasteiger charge is 2.40. The van der Waals surface area contributed by atoms with Gasteiger partial charge in [0.25, 0.3) is 5.91 Å². The molecule has 0 spiro atoms. The highest BCUT2D eigenvalue weighted by molar-refractivity contribution is 5.93. The predicted octanol–water partition coefficient (Wildman–Crippen LogP) is 1.44. The van der Waals surface area contributed by atoms with E-state index in [0.717, 1.165) is 12.6 Å². The standard InChI is InChI=1S/C13H17N3O3/c1-8-4-13(2,3)16(7-8)11(17)9-5-15-10(6-14-9)12(18)19/h5-6,8H,4,7H2,1-3H3,(H,18,19). The molecule has 0 aromatic carbocycles. The average molecular weight is 263 g/mol. The maximum absolute atomic E-state index is 12.4. The molecule has 0 bridgehead atoms. The molecule has 1 N–H and O–H groups in total. The van der Waals surface area contributed by atoms with E-state index >= 15 is 0 Å². The Balaban J connectivity index is 2.22. The first-order valence-corrected chi connectivity index (χ1v) is 6.18. The minimum absolute atomic E-state index is 0.161. The van der Waals surface area contributed by atoms with Crippen LogP contribution in [0, 0.1) is 5.92 Å². The van der Waals surface area contributed by atoms with Gasteiger partial charge >= 0.3 is 5.97 Å². The highest BCUT2D eigenvalue weighted by atomic mass is 16.4. The van der Waals surface area contributed by atoms with Gasteiger partial charge in [0, 0.05) is 12.1 Å². The first-order chi connectivity index (χ1) is 8.81. The largest absolute Gasteiger partial charge is 0.476 e. The number of aromatic carboxylic acids is 1. The Kier molecular flexibility index (Phi) is 3.26. The lowest BCUT2D eigenvalue weighted by Gasteiger charge is -2.31. The zero-order valence-electron chi connectivity index (χ0n) is 11.3. The summed E-state index contributed by atoms with van der Waals surface area (Å²) in [7, 11) is 0. The molecule has 2 heterocycles. The number of hydrogen-bond donors (Lipinski definition) is 1. The molecule has 102 valence electrons. The van der Waals surface area contributed by atoms with E-state index in [0.29, 0.717) is 12.5 Å². The van der Waals surface area contributed by atoms with Gasteiger partial charge in [0.15, 0.2) is 5.69 Å². The first-order valence-electron chi connectivity index (χ1n) is 6.18. The van der Waals surface area contributed by atoms with E-state index in [1.54, 1.807) is 4.90 Å². The molecule has 1 aromatic rings. The Morgan fingerprint density at radius 3 is 2.32 bits per heavy atom. The van der Waals surface area contributed by atoms with E-state index in [-0.39, 0.29) is 22.8 Å². The van der Waals surface area contributed by atoms with Crippen molar-refractivity contribution in [1.29, 1.82) is 0 Å². The second-order valence-electron chi connectivity index (χ2n) is 5.63. The topological polar surface area (TPSA) is 83.4 Å². The summed E-state index contributed by atoms with van der Waals surface area (Å²) in [6.07, 6.45) is 3.28. The summed E-state index contributed by atoms with van der Waals surface area (Å²) in [6.45, 7) is 6.84. The normalized spacial score (nSPS) is 21.4. The number of hydrogen-bond acceptors (Lipinski definition) is 4. The average Bonchev–Trinajstić information content (AvgIpc) is 2.61. The molecule has 1 aliphatic heterocycles. The second-order valence-corrected chi connectivity index (χ2v) is 5.63. The number of carboxylic acids is 1. The van der Waals surface area contributed by atoms with Gasteiger partial charge in [-0.15, -0.1) is 0 Å². The Morgan fingerprint density at radius 1 is 1.32 bits per heavy atom. The van der Waals surface area contributed by atoms with Crippen molar-refractivity contribution in [3.05, 3.63) is 23.8 Å². The van der Waals surface area contributed by atoms with E-state index in [2.05, 4.69) is 16.9 Å². The SMILES string of the molecule is CC1CN(C(=O)c2cnc(C(=O)O)cn2)C(C)(C)C1. The summed E-state index contributed by atoms with van der Waals surface area (Å²) in [5.41, 5.74) is -0.179. The summed E-state index contributed by atoms with van der Waals surface area (Å²) >= 11 is 0. The number of carbonyl (C=O) groups is 2. The Morgan fingerprint density at radius 2 is 1.89 bits per heavy atom. The van der Waals surface area contributed by atoms with Gasteiger partial charge < -0.3 is 10.0 Å². The van der Waals surface area contributed by atoms with Gasteiger partial charge in [-0.3, -0.25) is 4.79 Å². The van der Waals surface area contributed by atoms with E-state index in [1.807, 2.05) is 13.8 Å². The van der Waals surface area contributed by atoms with Gasteiger partial charge in [-0.05, 0) is 26.2 Å². The van der Waals surface area contributed by atoms with E-state index in [1.165, 1.54) is 6.20 Å². The van der Waals surface area contributed by atoms with Gasteiger partial charge in [-0.2, -0.15) is 0 Å². The third-order valence-corrected chi connectivity index (χ3v) is 3.41. The summed E-state index contributed by atoms with van der Waals surface area (Å²) in [4.78, 5) is 32.5. The minimum Gasteiger partial charge on any atom is -0.476 e. The zero-order valence-corrected chi connectivity index (χ0v) is 11.3. The number of carbonyl (C=O) groups excluding carboxylic acids is 1. The van der Waals surface area contributed by atoms with Crippen LogP contribution >= 0.6 is 0 Å². The van der Waals surface area contributed by atoms with Crippen LogP contribution in [0.3, 0.4) is 0 Å². The van der Waals surface area contributed by atoms with Crippen molar-refractivity contribution in [2.75, 3.05) is 6.54 Å². The molecular formula is C13H17N3O3. The number of rotatable bonds is 2. The van der Waals surface area contributed by atoms with Crippen LogP contribution in [0.25, 0.3) is 0 Å². The van der Waals surface area contributed by atoms with Crippen LogP contribution in [0.1, 0.15) is 48.2 Å².